The first-order chi connectivity index (χ1) is 7.76. The molecule has 1 rings (SSSR count). The van der Waals surface area contributed by atoms with Gasteiger partial charge >= 0.3 is 0 Å². The Labute approximate surface area is 106 Å². The Morgan fingerprint density at radius 1 is 1.35 bits per heavy atom. The van der Waals surface area contributed by atoms with Crippen LogP contribution < -0.4 is 5.32 Å². The van der Waals surface area contributed by atoms with Crippen LogP contribution >= 0.6 is 0 Å². The molecule has 0 radical (unpaired) electrons. The number of hydrogen-bond acceptors (Lipinski definition) is 4. The van der Waals surface area contributed by atoms with Crippen LogP contribution in [0.5, 0.6) is 0 Å². The smallest absolute Gasteiger partial charge is 0.156 e. The number of hydrogen-bond donors (Lipinski definition) is 1. The van der Waals surface area contributed by atoms with Crippen molar-refractivity contribution < 1.29 is 8.42 Å². The summed E-state index contributed by atoms with van der Waals surface area (Å²) in [6, 6.07) is 0.515. The van der Waals surface area contributed by atoms with Crippen molar-refractivity contribution in [1.29, 1.82) is 0 Å². The van der Waals surface area contributed by atoms with Crippen LogP contribution in [0.4, 0.5) is 0 Å². The van der Waals surface area contributed by atoms with Crippen LogP contribution in [0, 0.1) is 0 Å². The first-order valence-electron chi connectivity index (χ1n) is 6.44. The van der Waals surface area contributed by atoms with Gasteiger partial charge in [-0.1, -0.05) is 6.92 Å². The van der Waals surface area contributed by atoms with Crippen LogP contribution in [0.3, 0.4) is 0 Å². The minimum Gasteiger partial charge on any atom is -0.311 e. The van der Waals surface area contributed by atoms with Gasteiger partial charge in [0.2, 0.25) is 0 Å². The molecule has 0 saturated carbocycles. The average molecular weight is 262 g/mol. The second-order valence-electron chi connectivity index (χ2n) is 5.79. The first kappa shape index (κ1) is 14.9. The van der Waals surface area contributed by atoms with Gasteiger partial charge in [0, 0.05) is 32.2 Å². The van der Waals surface area contributed by atoms with Crippen LogP contribution in [0.15, 0.2) is 0 Å². The zero-order valence-electron chi connectivity index (χ0n) is 11.5. The third kappa shape index (κ3) is 4.23. The third-order valence-electron chi connectivity index (χ3n) is 3.44. The molecule has 1 N–H and O–H groups in total. The second kappa shape index (κ2) is 5.67. The maximum Gasteiger partial charge on any atom is 0.156 e. The predicted octanol–water partition coefficient (Wildman–Crippen LogP) is 0.884. The lowest BCUT2D eigenvalue weighted by atomic mass is 10.1. The van der Waals surface area contributed by atoms with E-state index in [1.165, 1.54) is 0 Å². The lowest BCUT2D eigenvalue weighted by molar-refractivity contribution is 0.206. The van der Waals surface area contributed by atoms with Gasteiger partial charge in [0.15, 0.2) is 9.84 Å². The topological polar surface area (TPSA) is 49.4 Å². The molecule has 1 atom stereocenters. The molecule has 1 aliphatic rings. The van der Waals surface area contributed by atoms with Gasteiger partial charge < -0.3 is 5.32 Å². The molecule has 17 heavy (non-hydrogen) atoms. The summed E-state index contributed by atoms with van der Waals surface area (Å²) in [5.41, 5.74) is 0. The number of rotatable bonds is 4. The highest BCUT2D eigenvalue weighted by molar-refractivity contribution is 7.92. The lowest BCUT2D eigenvalue weighted by Crippen LogP contribution is -2.51. The second-order valence-corrected chi connectivity index (χ2v) is 8.65. The summed E-state index contributed by atoms with van der Waals surface area (Å²) in [5, 5.41) is 3.44. The summed E-state index contributed by atoms with van der Waals surface area (Å²) in [6.45, 7) is 11.0. The molecule has 0 aromatic heterocycles. The van der Waals surface area contributed by atoms with Crippen molar-refractivity contribution >= 4 is 9.84 Å². The molecule has 102 valence electrons. The van der Waals surface area contributed by atoms with Crippen LogP contribution in [0.25, 0.3) is 0 Å². The van der Waals surface area contributed by atoms with Gasteiger partial charge in [-0.2, -0.15) is 0 Å². The Kier molecular flexibility index (Phi) is 4.98. The SMILES string of the molecule is CCC1CN(CCS(=O)(=O)C(C)(C)C)CCN1. The van der Waals surface area contributed by atoms with Crippen molar-refractivity contribution in [3.8, 4) is 0 Å². The molecule has 0 amide bonds. The quantitative estimate of drug-likeness (QED) is 0.817. The normalized spacial score (nSPS) is 23.9. The van der Waals surface area contributed by atoms with Crippen molar-refractivity contribution in [3.63, 3.8) is 0 Å². The summed E-state index contributed by atoms with van der Waals surface area (Å²) in [6.07, 6.45) is 1.10. The Hall–Kier alpha value is -0.130. The Balaban J connectivity index is 2.46. The van der Waals surface area contributed by atoms with E-state index in [0.29, 0.717) is 12.6 Å². The molecule has 0 bridgehead atoms. The Morgan fingerprint density at radius 2 is 2.00 bits per heavy atom. The fourth-order valence-electron chi connectivity index (χ4n) is 1.93. The predicted molar refractivity (Wildman–Crippen MR) is 72.1 cm³/mol. The van der Waals surface area contributed by atoms with Crippen LogP contribution in [0.1, 0.15) is 34.1 Å². The van der Waals surface area contributed by atoms with E-state index in [1.54, 1.807) is 20.8 Å². The van der Waals surface area contributed by atoms with Crippen LogP contribution in [-0.4, -0.2) is 56.0 Å². The van der Waals surface area contributed by atoms with Gasteiger partial charge in [0.05, 0.1) is 10.5 Å². The van der Waals surface area contributed by atoms with E-state index in [9.17, 15) is 8.42 Å². The fraction of sp³-hybridized carbons (Fsp3) is 1.00. The van der Waals surface area contributed by atoms with Gasteiger partial charge in [0.25, 0.3) is 0 Å². The molecule has 1 heterocycles. The summed E-state index contributed by atoms with van der Waals surface area (Å²) in [4.78, 5) is 2.26. The minimum absolute atomic E-state index is 0.271. The zero-order valence-corrected chi connectivity index (χ0v) is 12.3. The Morgan fingerprint density at radius 3 is 2.53 bits per heavy atom. The minimum atomic E-state index is -2.98. The molecule has 1 saturated heterocycles. The van der Waals surface area contributed by atoms with Gasteiger partial charge in [-0.15, -0.1) is 0 Å². The number of piperazine rings is 1. The van der Waals surface area contributed by atoms with Gasteiger partial charge in [-0.3, -0.25) is 4.90 Å². The number of sulfone groups is 1. The third-order valence-corrected chi connectivity index (χ3v) is 6.03. The molecule has 0 spiro atoms. The van der Waals surface area contributed by atoms with Crippen molar-refractivity contribution in [3.05, 3.63) is 0 Å². The highest BCUT2D eigenvalue weighted by atomic mass is 32.2. The molecule has 1 fully saturated rings. The summed E-state index contributed by atoms with van der Waals surface area (Å²) in [5.74, 6) is 0.271. The van der Waals surface area contributed by atoms with E-state index in [2.05, 4.69) is 17.1 Å². The highest BCUT2D eigenvalue weighted by Gasteiger charge is 2.29. The zero-order chi connectivity index (χ0) is 13.1. The van der Waals surface area contributed by atoms with Crippen molar-refractivity contribution in [2.24, 2.45) is 0 Å². The van der Waals surface area contributed by atoms with E-state index in [0.717, 1.165) is 26.1 Å². The molecule has 0 aliphatic carbocycles. The summed E-state index contributed by atoms with van der Waals surface area (Å²) in [7, 11) is -2.98. The average Bonchev–Trinajstić information content (AvgIpc) is 2.25. The number of nitrogens with zero attached hydrogens (tertiary/aromatic N) is 1. The maximum absolute atomic E-state index is 12.0. The molecule has 4 nitrogen and oxygen atoms in total. The molecule has 0 aromatic rings. The molecular weight excluding hydrogens is 236 g/mol. The highest BCUT2D eigenvalue weighted by Crippen LogP contribution is 2.16. The maximum atomic E-state index is 12.0. The van der Waals surface area contributed by atoms with E-state index in [4.69, 9.17) is 0 Å². The van der Waals surface area contributed by atoms with E-state index < -0.39 is 14.6 Å². The molecule has 5 heteroatoms. The standard InChI is InChI=1S/C12H26N2O2S/c1-5-11-10-14(7-6-13-11)8-9-17(15,16)12(2,3)4/h11,13H,5-10H2,1-4H3. The van der Waals surface area contributed by atoms with Crippen LogP contribution in [-0.2, 0) is 9.84 Å². The van der Waals surface area contributed by atoms with Gasteiger partial charge in [-0.25, -0.2) is 8.42 Å². The summed E-state index contributed by atoms with van der Waals surface area (Å²) >= 11 is 0. The first-order valence-corrected chi connectivity index (χ1v) is 8.09. The largest absolute Gasteiger partial charge is 0.311 e. The lowest BCUT2D eigenvalue weighted by Gasteiger charge is -2.33. The van der Waals surface area contributed by atoms with Crippen molar-refractivity contribution in [1.82, 2.24) is 10.2 Å². The van der Waals surface area contributed by atoms with E-state index >= 15 is 0 Å². The van der Waals surface area contributed by atoms with E-state index in [1.807, 2.05) is 0 Å². The molecule has 1 unspecified atom stereocenters. The monoisotopic (exact) mass is 262 g/mol. The van der Waals surface area contributed by atoms with E-state index in [-0.39, 0.29) is 5.75 Å². The van der Waals surface area contributed by atoms with Gasteiger partial charge in [0.1, 0.15) is 0 Å². The summed E-state index contributed by atoms with van der Waals surface area (Å²) < 4.78 is 23.4. The number of nitrogens with one attached hydrogen (secondary N) is 1. The van der Waals surface area contributed by atoms with Gasteiger partial charge in [-0.05, 0) is 27.2 Å². The fourth-order valence-corrected chi connectivity index (χ4v) is 3.04. The van der Waals surface area contributed by atoms with Crippen molar-refractivity contribution in [2.45, 2.75) is 44.9 Å². The molecular formula is C12H26N2O2S. The Bertz CT molecular complexity index is 333. The van der Waals surface area contributed by atoms with Crippen molar-refractivity contribution in [2.75, 3.05) is 31.9 Å². The molecule has 1 aliphatic heterocycles. The molecule has 0 aromatic carbocycles. The van der Waals surface area contributed by atoms with Crippen LogP contribution in [0.2, 0.25) is 0 Å².